The topological polar surface area (TPSA) is 431 Å². The van der Waals surface area contributed by atoms with Gasteiger partial charge in [-0.05, 0) is 213 Å². The fourth-order valence-corrected chi connectivity index (χ4v) is 18.0. The summed E-state index contributed by atoms with van der Waals surface area (Å²) in [6.45, 7) is 11.8. The number of fused-ring (bicyclic) bond motifs is 6. The summed E-state index contributed by atoms with van der Waals surface area (Å²) in [5.41, 5.74) is 4.83. The summed E-state index contributed by atoms with van der Waals surface area (Å²) >= 11 is 0. The predicted octanol–water partition coefficient (Wildman–Crippen LogP) is 12.6. The minimum absolute atomic E-state index is 0.0440. The van der Waals surface area contributed by atoms with Crippen LogP contribution in [0.2, 0.25) is 0 Å². The van der Waals surface area contributed by atoms with Crippen LogP contribution in [0.4, 0.5) is 56.9 Å². The molecule has 1 saturated carbocycles. The second-order valence-electron chi connectivity index (χ2n) is 34.7. The van der Waals surface area contributed by atoms with Crippen LogP contribution in [0, 0.1) is 29.1 Å². The van der Waals surface area contributed by atoms with Crippen molar-refractivity contribution in [2.45, 2.75) is 198 Å². The molecule has 136 heavy (non-hydrogen) atoms. The molecule has 0 spiro atoms. The molecule has 37 heteroatoms. The van der Waals surface area contributed by atoms with Crippen LogP contribution >= 0.6 is 0 Å². The standard InChI is InChI=1S/C19H16FN3O3.C17H21N3O3.C16H17F2N3O2.C16H17N3O2.C16H19N3O2.C15H15F2N3O2/c20-12-8-6-11(7-9-12)14-10-15(24)16-17(21-14)22-19(26)23(18(16)25)13-4-2-1-3-5-13;1-10(2)20-16(21)13-7-8-14(18-15(13)19-17(20)22)11-5-4-6-12(9-11)23-3;1-2-21-15(22)11-5-3-10(8-19-14(11)20-16(21)23)9-4-6-12(17)13(18)7-9;20-15-12-8-9-13(10-4-2-1-3-5-10)17-14(12)18-16(21)19(15)11-6-7-11;1-10(2)19-15(20)12-8-9-13(11-6-4-3-5-7-11)17-14(12)18-16(19)21;1-2-20-14(21)9-4-6-12(18-13(9)19-15(20)22)8-3-5-10(16)11(17)7-8/h1-9,14-15,21,24H,10H2,(H,22,26);4-6,9-10,14,18H,7-8H2,1-3H3,(H,19,22);4,6-7,10,19H,2-3,5,8H2,1H3,(H,20,23);1-5,11,13,17H,6-9H2,(H,18,21);3-7,10,13,17H,8-9H2,1-2H3,(H,18,21);3,5,7,12,18H,2,4,6H2,1H3,(H,19,22)/t14-,15?;14-;10-;2*13-;12-/m100100/s1. The lowest BCUT2D eigenvalue weighted by Crippen LogP contribution is -2.41. The van der Waals surface area contributed by atoms with Gasteiger partial charge < -0.3 is 41.7 Å². The van der Waals surface area contributed by atoms with Crippen molar-refractivity contribution >= 4 is 34.9 Å². The number of aromatic nitrogens is 12. The Labute approximate surface area is 772 Å². The van der Waals surface area contributed by atoms with E-state index in [0.29, 0.717) is 138 Å². The highest BCUT2D eigenvalue weighted by atomic mass is 19.2. The number of nitrogens with one attached hydrogen (secondary N) is 12. The number of hydrogen-bond acceptors (Lipinski definition) is 20. The summed E-state index contributed by atoms with van der Waals surface area (Å²) < 4.78 is 78.4. The van der Waals surface area contributed by atoms with E-state index in [0.717, 1.165) is 86.4 Å². The molecule has 1 aliphatic carbocycles. The summed E-state index contributed by atoms with van der Waals surface area (Å²) in [5, 5.41) is 29.6. The van der Waals surface area contributed by atoms with E-state index < -0.39 is 52.0 Å². The maximum Gasteiger partial charge on any atom is 0.334 e. The molecule has 1 fully saturated rings. The molecule has 32 nitrogen and oxygen atoms in total. The number of hydrogen-bond donors (Lipinski definition) is 13. The smallest absolute Gasteiger partial charge is 0.334 e. The van der Waals surface area contributed by atoms with Gasteiger partial charge in [0, 0.05) is 50.1 Å². The fraction of sp³-hybridized carbons (Fsp3) is 0.333. The minimum atomic E-state index is -1.05. The Morgan fingerprint density at radius 3 is 1.24 bits per heavy atom. The number of H-pyrrole nitrogens is 6. The number of ether oxygens (including phenoxy) is 1. The van der Waals surface area contributed by atoms with E-state index in [1.165, 1.54) is 43.5 Å². The summed E-state index contributed by atoms with van der Waals surface area (Å²) in [7, 11) is 1.63. The normalized spacial score (nSPS) is 18.0. The first-order chi connectivity index (χ1) is 65.4. The van der Waals surface area contributed by atoms with Gasteiger partial charge in [-0.25, -0.2) is 55.3 Å². The molecule has 0 saturated heterocycles. The van der Waals surface area contributed by atoms with Gasteiger partial charge in [-0.1, -0.05) is 115 Å². The Morgan fingerprint density at radius 2 is 0.757 bits per heavy atom. The maximum atomic E-state index is 13.4. The van der Waals surface area contributed by atoms with Crippen LogP contribution in [0.25, 0.3) is 5.69 Å². The molecule has 6 aromatic heterocycles. The number of para-hydroxylation sites is 1. The number of methoxy groups -OCH3 is 1. The molecule has 13 aromatic rings. The molecular formula is C99H105F5N18O14. The van der Waals surface area contributed by atoms with E-state index >= 15 is 0 Å². The number of halogens is 5. The summed E-state index contributed by atoms with van der Waals surface area (Å²) in [4.78, 5) is 164. The number of aliphatic hydroxyl groups excluding tert-OH is 1. The lowest BCUT2D eigenvalue weighted by molar-refractivity contribution is 0.153. The van der Waals surface area contributed by atoms with Gasteiger partial charge >= 0.3 is 34.1 Å². The molecule has 12 heterocycles. The first kappa shape index (κ1) is 95.4. The zero-order valence-electron chi connectivity index (χ0n) is 75.7. The van der Waals surface area contributed by atoms with Crippen molar-refractivity contribution in [2.24, 2.45) is 0 Å². The highest BCUT2D eigenvalue weighted by Gasteiger charge is 2.35. The average molecular weight is 1870 g/mol. The molecular weight excluding hydrogens is 1760 g/mol. The zero-order valence-corrected chi connectivity index (χ0v) is 75.7. The van der Waals surface area contributed by atoms with Crippen LogP contribution < -0.4 is 104 Å². The van der Waals surface area contributed by atoms with E-state index in [9.17, 15) is 84.6 Å². The monoisotopic (exact) mass is 1860 g/mol. The molecule has 7 aliphatic rings. The quantitative estimate of drug-likeness (QED) is 0.0477. The molecule has 7 aromatic carbocycles. The van der Waals surface area contributed by atoms with Crippen LogP contribution in [0.15, 0.2) is 233 Å². The number of aliphatic hydroxyl groups is 1. The lowest BCUT2D eigenvalue weighted by Gasteiger charge is -2.30. The van der Waals surface area contributed by atoms with Crippen molar-refractivity contribution < 1.29 is 31.8 Å². The van der Waals surface area contributed by atoms with Crippen LogP contribution in [-0.2, 0) is 45.2 Å². The fourth-order valence-electron chi connectivity index (χ4n) is 18.0. The van der Waals surface area contributed by atoms with Gasteiger partial charge in [0.05, 0.1) is 82.5 Å². The molecule has 6 aliphatic heterocycles. The van der Waals surface area contributed by atoms with Crippen molar-refractivity contribution in [1.29, 1.82) is 0 Å². The Morgan fingerprint density at radius 1 is 0.368 bits per heavy atom. The molecule has 710 valence electrons. The van der Waals surface area contributed by atoms with Gasteiger partial charge in [0.15, 0.2) is 23.3 Å². The number of anilines is 6. The second kappa shape index (κ2) is 41.5. The average Bonchev–Trinajstić information content (AvgIpc) is 0.777. The lowest BCUT2D eigenvalue weighted by atomic mass is 9.93. The van der Waals surface area contributed by atoms with Gasteiger partial charge in [0.1, 0.15) is 46.5 Å². The third-order valence-electron chi connectivity index (χ3n) is 25.3. The molecule has 0 amide bonds. The Hall–Kier alpha value is -15.2. The zero-order chi connectivity index (χ0) is 96.6. The Balaban J connectivity index is 0.000000124. The number of nitrogens with zero attached hydrogens (tertiary/aromatic N) is 6. The molecule has 0 bridgehead atoms. The van der Waals surface area contributed by atoms with E-state index in [-0.39, 0.29) is 123 Å². The highest BCUT2D eigenvalue weighted by molar-refractivity contribution is 5.55. The second-order valence-corrected chi connectivity index (χ2v) is 34.7. The van der Waals surface area contributed by atoms with Crippen molar-refractivity contribution in [1.82, 2.24) is 57.3 Å². The number of aromatic amines is 6. The largest absolute Gasteiger partial charge is 0.497 e. The van der Waals surface area contributed by atoms with Crippen molar-refractivity contribution in [3.8, 4) is 11.4 Å². The summed E-state index contributed by atoms with van der Waals surface area (Å²) in [6, 6.07) is 49.4. The molecule has 7 atom stereocenters. The van der Waals surface area contributed by atoms with E-state index in [2.05, 4.69) is 86.1 Å². The highest BCUT2D eigenvalue weighted by Crippen LogP contribution is 2.39. The van der Waals surface area contributed by atoms with Gasteiger partial charge in [-0.3, -0.25) is 81.5 Å². The molecule has 20 rings (SSSR count). The van der Waals surface area contributed by atoms with Crippen molar-refractivity contribution in [3.63, 3.8) is 0 Å². The van der Waals surface area contributed by atoms with Gasteiger partial charge in [-0.15, -0.1) is 0 Å². The van der Waals surface area contributed by atoms with Crippen LogP contribution in [0.3, 0.4) is 0 Å². The summed E-state index contributed by atoms with van der Waals surface area (Å²) in [5.74, 6) is -0.534. The maximum absolute atomic E-state index is 13.4. The SMILES string of the molecule is CC(C)n1c(=O)[nH]c2c(c1=O)CC[C@@H](c1ccccc1)N2.CCn1c(=O)[nH]c2c(c1=O)CC[C@@H](c1ccc(F)c(F)c1)N2.CCn1c(=O)[nH]c2c(c1=O)CC[C@H](c1ccc(F)c(F)c1)CN2.COc1cccc([C@@H]2CCc3c([nH]c(=O)n(C(C)C)c3=O)N2)c1.O=c1[nH]c2c(c(=O)n1-c1ccccc1)C(O)C[C@H](c1ccc(F)cc1)N2.O=c1[nH]c2c(c(=O)n1C1CC1)CC[C@H](c1ccccc1)N2. The molecule has 13 N–H and O–H groups in total. The third-order valence-corrected chi connectivity index (χ3v) is 25.3. The van der Waals surface area contributed by atoms with Crippen molar-refractivity contribution in [3.05, 3.63) is 397 Å². The van der Waals surface area contributed by atoms with Crippen LogP contribution in [0.1, 0.15) is 220 Å². The Kier molecular flexibility index (Phi) is 29.2. The molecule has 1 unspecified atom stereocenters. The Bertz CT molecular complexity index is 7260. The van der Waals surface area contributed by atoms with Gasteiger partial charge in [0.25, 0.3) is 33.4 Å². The van der Waals surface area contributed by atoms with Crippen LogP contribution in [-0.4, -0.2) is 76.1 Å². The first-order valence-corrected chi connectivity index (χ1v) is 45.3. The van der Waals surface area contributed by atoms with E-state index in [1.54, 1.807) is 69.5 Å². The minimum Gasteiger partial charge on any atom is -0.497 e. The van der Waals surface area contributed by atoms with Gasteiger partial charge in [0.2, 0.25) is 0 Å². The van der Waals surface area contributed by atoms with E-state index in [1.807, 2.05) is 88.4 Å². The number of rotatable bonds is 13. The van der Waals surface area contributed by atoms with Crippen LogP contribution in [0.5, 0.6) is 5.75 Å². The van der Waals surface area contributed by atoms with Crippen molar-refractivity contribution in [2.75, 3.05) is 45.6 Å². The predicted molar refractivity (Wildman–Crippen MR) is 509 cm³/mol. The molecule has 0 radical (unpaired) electrons. The number of benzene rings is 7. The summed E-state index contributed by atoms with van der Waals surface area (Å²) in [6.07, 6.45) is 7.63. The van der Waals surface area contributed by atoms with E-state index in [4.69, 9.17) is 4.74 Å². The third kappa shape index (κ3) is 20.8. The van der Waals surface area contributed by atoms with Gasteiger partial charge in [-0.2, -0.15) is 0 Å². The first-order valence-electron chi connectivity index (χ1n) is 45.3.